The van der Waals surface area contributed by atoms with Gasteiger partial charge in [0.1, 0.15) is 5.82 Å². The first kappa shape index (κ1) is 12.9. The summed E-state index contributed by atoms with van der Waals surface area (Å²) in [4.78, 5) is 15.3. The Morgan fingerprint density at radius 3 is 2.84 bits per heavy atom. The van der Waals surface area contributed by atoms with E-state index in [1.165, 1.54) is 30.5 Å². The lowest BCUT2D eigenvalue weighted by molar-refractivity contribution is 0.0946. The first-order valence-corrected chi connectivity index (χ1v) is 5.50. The zero-order chi connectivity index (χ0) is 13.8. The Balaban J connectivity index is 2.08. The Hall–Kier alpha value is -2.50. The van der Waals surface area contributed by atoms with Gasteiger partial charge in [0.25, 0.3) is 5.91 Å². The largest absolute Gasteiger partial charge is 0.381 e. The molecule has 2 aromatic rings. The maximum absolute atomic E-state index is 13.5. The first-order chi connectivity index (χ1) is 9.08. The van der Waals surface area contributed by atoms with Gasteiger partial charge in [-0.05, 0) is 23.8 Å². The average Bonchev–Trinajstić information content (AvgIpc) is 2.39. The number of aromatic nitrogens is 1. The lowest BCUT2D eigenvalue weighted by atomic mass is 10.2. The van der Waals surface area contributed by atoms with E-state index in [9.17, 15) is 13.6 Å². The van der Waals surface area contributed by atoms with Gasteiger partial charge in [-0.3, -0.25) is 4.79 Å². The minimum atomic E-state index is -0.862. The Morgan fingerprint density at radius 2 is 2.11 bits per heavy atom. The van der Waals surface area contributed by atoms with Crippen LogP contribution >= 0.6 is 0 Å². The van der Waals surface area contributed by atoms with Gasteiger partial charge in [0.15, 0.2) is 11.6 Å². The number of nitrogens with zero attached hydrogens (tertiary/aromatic N) is 1. The number of hydrogen-bond donors (Lipinski definition) is 2. The summed E-state index contributed by atoms with van der Waals surface area (Å²) in [6.45, 7) is 0.0955. The van der Waals surface area contributed by atoms with Crippen molar-refractivity contribution in [3.05, 3.63) is 59.3 Å². The molecule has 1 heterocycles. The highest BCUT2D eigenvalue weighted by atomic mass is 19.1. The highest BCUT2D eigenvalue weighted by Crippen LogP contribution is 2.12. The van der Waals surface area contributed by atoms with Crippen LogP contribution in [0.5, 0.6) is 0 Å². The molecule has 0 fully saturated rings. The number of carbonyl (C=O) groups excluding carboxylic acids is 1. The maximum Gasteiger partial charge on any atom is 0.254 e. The van der Waals surface area contributed by atoms with E-state index in [-0.39, 0.29) is 17.9 Å². The second-order valence-corrected chi connectivity index (χ2v) is 3.87. The molecular weight excluding hydrogens is 252 g/mol. The fourth-order valence-corrected chi connectivity index (χ4v) is 1.56. The molecule has 1 aromatic heterocycles. The van der Waals surface area contributed by atoms with Crippen molar-refractivity contribution in [1.29, 1.82) is 0 Å². The second kappa shape index (κ2) is 5.43. The number of carbonyl (C=O) groups is 1. The number of nitrogens with one attached hydrogen (secondary N) is 1. The lowest BCUT2D eigenvalue weighted by Crippen LogP contribution is -2.24. The third kappa shape index (κ3) is 3.04. The molecule has 4 nitrogen and oxygen atoms in total. The quantitative estimate of drug-likeness (QED) is 0.888. The molecule has 19 heavy (non-hydrogen) atoms. The molecule has 98 valence electrons. The Bertz CT molecular complexity index is 617. The van der Waals surface area contributed by atoms with Gasteiger partial charge in [0.05, 0.1) is 5.56 Å². The Labute approximate surface area is 108 Å². The molecule has 0 saturated carbocycles. The normalized spacial score (nSPS) is 10.2. The lowest BCUT2D eigenvalue weighted by Gasteiger charge is -2.07. The monoisotopic (exact) mass is 263 g/mol. The van der Waals surface area contributed by atoms with Gasteiger partial charge >= 0.3 is 0 Å². The van der Waals surface area contributed by atoms with Crippen LogP contribution < -0.4 is 11.1 Å². The van der Waals surface area contributed by atoms with Crippen LogP contribution in [0.25, 0.3) is 0 Å². The van der Waals surface area contributed by atoms with E-state index in [1.807, 2.05) is 0 Å². The SMILES string of the molecule is Nc1nccc(C(=O)NCc2cccc(F)c2)c1F. The summed E-state index contributed by atoms with van der Waals surface area (Å²) in [6, 6.07) is 7.00. The second-order valence-electron chi connectivity index (χ2n) is 3.87. The first-order valence-electron chi connectivity index (χ1n) is 5.50. The minimum Gasteiger partial charge on any atom is -0.381 e. The molecule has 0 radical (unpaired) electrons. The number of amides is 1. The van der Waals surface area contributed by atoms with Crippen molar-refractivity contribution < 1.29 is 13.6 Å². The Kier molecular flexibility index (Phi) is 3.70. The van der Waals surface area contributed by atoms with E-state index in [1.54, 1.807) is 6.07 Å². The van der Waals surface area contributed by atoms with E-state index in [0.717, 1.165) is 0 Å². The van der Waals surface area contributed by atoms with Crippen molar-refractivity contribution in [2.45, 2.75) is 6.54 Å². The van der Waals surface area contributed by atoms with Crippen LogP contribution in [0.1, 0.15) is 15.9 Å². The summed E-state index contributed by atoms with van der Waals surface area (Å²) in [5.74, 6) is -2.22. The number of halogens is 2. The summed E-state index contributed by atoms with van der Waals surface area (Å²) in [5.41, 5.74) is 5.66. The van der Waals surface area contributed by atoms with E-state index >= 15 is 0 Å². The number of nitrogens with two attached hydrogens (primary N) is 1. The van der Waals surface area contributed by atoms with Crippen LogP contribution in [0.3, 0.4) is 0 Å². The fraction of sp³-hybridized carbons (Fsp3) is 0.0769. The van der Waals surface area contributed by atoms with Gasteiger partial charge in [-0.15, -0.1) is 0 Å². The zero-order valence-corrected chi connectivity index (χ0v) is 9.86. The summed E-state index contributed by atoms with van der Waals surface area (Å²) in [6.07, 6.45) is 1.25. The van der Waals surface area contributed by atoms with Crippen molar-refractivity contribution in [3.63, 3.8) is 0 Å². The molecule has 0 aliphatic carbocycles. The zero-order valence-electron chi connectivity index (χ0n) is 9.86. The van der Waals surface area contributed by atoms with Gasteiger partial charge in [-0.1, -0.05) is 12.1 Å². The van der Waals surface area contributed by atoms with Crippen molar-refractivity contribution in [2.75, 3.05) is 5.73 Å². The molecule has 1 amide bonds. The number of benzene rings is 1. The van der Waals surface area contributed by atoms with Gasteiger partial charge in [0.2, 0.25) is 0 Å². The van der Waals surface area contributed by atoms with E-state index < -0.39 is 17.5 Å². The standard InChI is InChI=1S/C13H11F2N3O/c14-9-3-1-2-8(6-9)7-18-13(19)10-4-5-17-12(16)11(10)15/h1-6H,7H2,(H2,16,17)(H,18,19). The van der Waals surface area contributed by atoms with Crippen LogP contribution in [-0.4, -0.2) is 10.9 Å². The number of pyridine rings is 1. The highest BCUT2D eigenvalue weighted by Gasteiger charge is 2.14. The van der Waals surface area contributed by atoms with Crippen molar-refractivity contribution in [3.8, 4) is 0 Å². The summed E-state index contributed by atoms with van der Waals surface area (Å²) in [7, 11) is 0. The van der Waals surface area contributed by atoms with E-state index in [2.05, 4.69) is 10.3 Å². The summed E-state index contributed by atoms with van der Waals surface area (Å²) >= 11 is 0. The smallest absolute Gasteiger partial charge is 0.254 e. The molecule has 2 rings (SSSR count). The molecule has 0 unspecified atom stereocenters. The Morgan fingerprint density at radius 1 is 1.32 bits per heavy atom. The van der Waals surface area contributed by atoms with Crippen molar-refractivity contribution in [1.82, 2.24) is 10.3 Å². The summed E-state index contributed by atoms with van der Waals surface area (Å²) < 4.78 is 26.5. The molecular formula is C13H11F2N3O. The molecule has 0 aliphatic heterocycles. The molecule has 0 aliphatic rings. The number of anilines is 1. The molecule has 1 aromatic carbocycles. The maximum atomic E-state index is 13.5. The predicted molar refractivity (Wildman–Crippen MR) is 66.2 cm³/mol. The van der Waals surface area contributed by atoms with Crippen LogP contribution in [0.4, 0.5) is 14.6 Å². The van der Waals surface area contributed by atoms with Crippen molar-refractivity contribution >= 4 is 11.7 Å². The minimum absolute atomic E-state index is 0.0955. The molecule has 6 heteroatoms. The highest BCUT2D eigenvalue weighted by molar-refractivity contribution is 5.95. The molecule has 0 bridgehead atoms. The van der Waals surface area contributed by atoms with Gasteiger partial charge in [-0.25, -0.2) is 13.8 Å². The predicted octanol–water partition coefficient (Wildman–Crippen LogP) is 1.87. The van der Waals surface area contributed by atoms with Gasteiger partial charge in [0, 0.05) is 12.7 Å². The molecule has 3 N–H and O–H groups in total. The summed E-state index contributed by atoms with van der Waals surface area (Å²) in [5, 5.41) is 2.48. The topological polar surface area (TPSA) is 68.0 Å². The molecule has 0 spiro atoms. The van der Waals surface area contributed by atoms with Gasteiger partial charge < -0.3 is 11.1 Å². The fourth-order valence-electron chi connectivity index (χ4n) is 1.56. The van der Waals surface area contributed by atoms with E-state index in [0.29, 0.717) is 5.56 Å². The average molecular weight is 263 g/mol. The number of nitrogen functional groups attached to an aromatic ring is 1. The van der Waals surface area contributed by atoms with Gasteiger partial charge in [-0.2, -0.15) is 0 Å². The molecule has 0 atom stereocenters. The van der Waals surface area contributed by atoms with Crippen LogP contribution in [0, 0.1) is 11.6 Å². The van der Waals surface area contributed by atoms with Crippen LogP contribution in [0.2, 0.25) is 0 Å². The third-order valence-electron chi connectivity index (χ3n) is 2.50. The van der Waals surface area contributed by atoms with E-state index in [4.69, 9.17) is 5.73 Å². The molecule has 0 saturated heterocycles. The third-order valence-corrected chi connectivity index (χ3v) is 2.50. The number of rotatable bonds is 3. The number of hydrogen-bond acceptors (Lipinski definition) is 3. The van der Waals surface area contributed by atoms with Crippen molar-refractivity contribution in [2.24, 2.45) is 0 Å². The van der Waals surface area contributed by atoms with Crippen LogP contribution in [0.15, 0.2) is 36.5 Å². The van der Waals surface area contributed by atoms with Crippen LogP contribution in [-0.2, 0) is 6.54 Å².